The van der Waals surface area contributed by atoms with Gasteiger partial charge in [-0.05, 0) is 97.1 Å². The van der Waals surface area contributed by atoms with Crippen molar-refractivity contribution in [2.75, 3.05) is 13.7 Å². The molecule has 3 heterocycles. The SMILES string of the molecule is C=CCCCCC[C@H](CC(=O)OC(C)(C)C)C(=O)N1C[C@H](Oc2cc(-c3nc(C(C)C)cs3)nc3c(C)c(OC)ccc23)C(C)(C)[C@H]1C(=O)C[C@]1(C(=O)NS(=O)(=O)C2(C)CC2)C[C@H]1C=C. The molecule has 1 saturated heterocycles. The van der Waals surface area contributed by atoms with Crippen LogP contribution in [-0.2, 0) is 33.9 Å². The van der Waals surface area contributed by atoms with E-state index in [1.165, 1.54) is 11.3 Å². The minimum Gasteiger partial charge on any atom is -0.496 e. The summed E-state index contributed by atoms with van der Waals surface area (Å²) in [4.78, 5) is 69.5. The van der Waals surface area contributed by atoms with E-state index < -0.39 is 72.8 Å². The van der Waals surface area contributed by atoms with Crippen molar-refractivity contribution in [3.8, 4) is 22.2 Å². The zero-order chi connectivity index (χ0) is 47.9. The summed E-state index contributed by atoms with van der Waals surface area (Å²) in [5, 5.41) is 3.42. The highest BCUT2D eigenvalue weighted by Crippen LogP contribution is 2.58. The molecule has 13 nitrogen and oxygen atoms in total. The number of benzene rings is 1. The third-order valence-electron chi connectivity index (χ3n) is 13.6. The number of rotatable bonds is 21. The molecule has 1 N–H and O–H groups in total. The molecular weight excluding hydrogens is 865 g/mol. The highest BCUT2D eigenvalue weighted by molar-refractivity contribution is 7.91. The number of Topliss-reactive ketones (excluding diaryl/α,β-unsaturated/α-hetero) is 1. The zero-order valence-corrected chi connectivity index (χ0v) is 41.5. The summed E-state index contributed by atoms with van der Waals surface area (Å²) in [5.41, 5.74) is -0.235. The van der Waals surface area contributed by atoms with Crippen LogP contribution in [0, 0.1) is 29.6 Å². The first-order valence-electron chi connectivity index (χ1n) is 22.9. The molecule has 0 bridgehead atoms. The van der Waals surface area contributed by atoms with Crippen molar-refractivity contribution in [1.29, 1.82) is 0 Å². The molecule has 0 radical (unpaired) electrons. The maximum absolute atomic E-state index is 15.2. The Labute approximate surface area is 389 Å². The summed E-state index contributed by atoms with van der Waals surface area (Å²) < 4.78 is 46.4. The van der Waals surface area contributed by atoms with E-state index in [1.54, 1.807) is 45.8 Å². The summed E-state index contributed by atoms with van der Waals surface area (Å²) in [5.74, 6) is -1.99. The van der Waals surface area contributed by atoms with Crippen LogP contribution in [0.2, 0.25) is 0 Å². The number of nitrogens with one attached hydrogen (secondary N) is 1. The van der Waals surface area contributed by atoms with E-state index in [0.29, 0.717) is 58.8 Å². The van der Waals surface area contributed by atoms with Gasteiger partial charge in [-0.25, -0.2) is 18.4 Å². The fourth-order valence-corrected chi connectivity index (χ4v) is 11.4. The molecule has 3 aliphatic rings. The van der Waals surface area contributed by atoms with Gasteiger partial charge in [0.2, 0.25) is 21.8 Å². The number of hydrogen-bond acceptors (Lipinski definition) is 12. The number of pyridine rings is 1. The molecule has 2 aromatic heterocycles. The summed E-state index contributed by atoms with van der Waals surface area (Å²) in [6.45, 7) is 24.5. The molecule has 2 aliphatic carbocycles. The van der Waals surface area contributed by atoms with Crippen molar-refractivity contribution >= 4 is 55.8 Å². The number of thiazole rings is 1. The van der Waals surface area contributed by atoms with Crippen molar-refractivity contribution in [1.82, 2.24) is 19.6 Å². The number of ether oxygens (including phenoxy) is 3. The number of amides is 2. The van der Waals surface area contributed by atoms with Crippen LogP contribution in [0.5, 0.6) is 11.5 Å². The highest BCUT2D eigenvalue weighted by atomic mass is 32.2. The van der Waals surface area contributed by atoms with Gasteiger partial charge in [-0.3, -0.25) is 23.9 Å². The zero-order valence-electron chi connectivity index (χ0n) is 39.9. The van der Waals surface area contributed by atoms with Gasteiger partial charge in [-0.1, -0.05) is 52.7 Å². The van der Waals surface area contributed by atoms with Crippen LogP contribution >= 0.6 is 11.3 Å². The molecule has 354 valence electrons. The molecule has 1 aromatic carbocycles. The maximum atomic E-state index is 15.2. The van der Waals surface area contributed by atoms with Gasteiger partial charge in [0.15, 0.2) is 5.78 Å². The van der Waals surface area contributed by atoms with Crippen LogP contribution < -0.4 is 14.2 Å². The number of allylic oxidation sites excluding steroid dienone is 2. The average molecular weight is 933 g/mol. The average Bonchev–Trinajstić information content (AvgIpc) is 4.06. The quantitative estimate of drug-likeness (QED) is 0.0613. The predicted molar refractivity (Wildman–Crippen MR) is 254 cm³/mol. The largest absolute Gasteiger partial charge is 0.496 e. The molecule has 0 spiro atoms. The van der Waals surface area contributed by atoms with E-state index in [1.807, 2.05) is 50.4 Å². The number of aryl methyl sites for hydroxylation is 1. The molecular formula is C50H68N4O9S2. The third-order valence-corrected chi connectivity index (χ3v) is 16.6. The number of hydrogen-bond donors (Lipinski definition) is 1. The Morgan fingerprint density at radius 1 is 1.05 bits per heavy atom. The highest BCUT2D eigenvalue weighted by Gasteiger charge is 2.64. The molecule has 5 atom stereocenters. The lowest BCUT2D eigenvalue weighted by molar-refractivity contribution is -0.159. The normalized spacial score (nSPS) is 22.6. The van der Waals surface area contributed by atoms with Gasteiger partial charge in [0, 0.05) is 40.1 Å². The van der Waals surface area contributed by atoms with Crippen LogP contribution in [-0.4, -0.2) is 83.0 Å². The molecule has 3 aromatic rings. The number of carbonyl (C=O) groups excluding carboxylic acids is 4. The lowest BCUT2D eigenvalue weighted by atomic mass is 9.77. The second kappa shape index (κ2) is 18.9. The molecule has 2 saturated carbocycles. The number of methoxy groups -OCH3 is 1. The summed E-state index contributed by atoms with van der Waals surface area (Å²) in [7, 11) is -2.40. The van der Waals surface area contributed by atoms with Crippen molar-refractivity contribution < 1.29 is 41.8 Å². The molecule has 0 unspecified atom stereocenters. The van der Waals surface area contributed by atoms with Gasteiger partial charge < -0.3 is 19.1 Å². The number of unbranched alkanes of at least 4 members (excludes halogenated alkanes) is 3. The van der Waals surface area contributed by atoms with Crippen LogP contribution in [0.4, 0.5) is 0 Å². The molecule has 65 heavy (non-hydrogen) atoms. The second-order valence-corrected chi connectivity index (χ2v) is 23.5. The van der Waals surface area contributed by atoms with Gasteiger partial charge in [0.25, 0.3) is 0 Å². The van der Waals surface area contributed by atoms with E-state index in [-0.39, 0.29) is 37.6 Å². The maximum Gasteiger partial charge on any atom is 0.307 e. The van der Waals surface area contributed by atoms with E-state index in [0.717, 1.165) is 30.5 Å². The van der Waals surface area contributed by atoms with Crippen LogP contribution in [0.1, 0.15) is 137 Å². The number of fused-ring (bicyclic) bond motifs is 1. The number of carbonyl (C=O) groups is 4. The molecule has 3 fully saturated rings. The lowest BCUT2D eigenvalue weighted by Gasteiger charge is -2.35. The van der Waals surface area contributed by atoms with E-state index in [2.05, 4.69) is 31.7 Å². The van der Waals surface area contributed by atoms with Crippen LogP contribution in [0.3, 0.4) is 0 Å². The first kappa shape index (κ1) is 49.8. The van der Waals surface area contributed by atoms with Gasteiger partial charge >= 0.3 is 5.97 Å². The van der Waals surface area contributed by atoms with Crippen molar-refractivity contribution in [3.63, 3.8) is 0 Å². The van der Waals surface area contributed by atoms with Gasteiger partial charge in [0.1, 0.15) is 33.9 Å². The summed E-state index contributed by atoms with van der Waals surface area (Å²) in [6.07, 6.45) is 6.81. The minimum atomic E-state index is -4.00. The Bertz CT molecular complexity index is 2450. The summed E-state index contributed by atoms with van der Waals surface area (Å²) >= 11 is 1.48. The van der Waals surface area contributed by atoms with E-state index >= 15 is 9.59 Å². The number of sulfonamides is 1. The molecule has 1 aliphatic heterocycles. The molecule has 15 heteroatoms. The van der Waals surface area contributed by atoms with Crippen molar-refractivity contribution in [2.24, 2.45) is 22.7 Å². The lowest BCUT2D eigenvalue weighted by Crippen LogP contribution is -2.51. The fourth-order valence-electron chi connectivity index (χ4n) is 9.10. The number of likely N-dealkylation sites (tertiary alicyclic amines) is 1. The van der Waals surface area contributed by atoms with Crippen LogP contribution in [0.25, 0.3) is 21.6 Å². The number of esters is 1. The Hall–Kier alpha value is -4.63. The van der Waals surface area contributed by atoms with Gasteiger partial charge in [-0.2, -0.15) is 0 Å². The Balaban J connectivity index is 1.42. The fraction of sp³-hybridized carbons (Fsp3) is 0.600. The van der Waals surface area contributed by atoms with Gasteiger partial charge in [-0.15, -0.1) is 24.5 Å². The smallest absolute Gasteiger partial charge is 0.307 e. The number of nitrogens with zero attached hydrogens (tertiary/aromatic N) is 3. The third kappa shape index (κ3) is 10.5. The number of aromatic nitrogens is 2. The Morgan fingerprint density at radius 3 is 2.34 bits per heavy atom. The summed E-state index contributed by atoms with van der Waals surface area (Å²) in [6, 6.07) is 4.47. The first-order valence-corrected chi connectivity index (χ1v) is 25.2. The predicted octanol–water partition coefficient (Wildman–Crippen LogP) is 9.42. The van der Waals surface area contributed by atoms with Gasteiger partial charge in [0.05, 0.1) is 47.5 Å². The first-order chi connectivity index (χ1) is 30.4. The Morgan fingerprint density at radius 2 is 1.75 bits per heavy atom. The standard InChI is InChI=1S/C50H68N4O9S2/c1-13-15-16-17-18-19-32(24-41(56)63-47(6,7)8)45(57)54-28-40(48(9,10)43(54)37(55)27-50(26-33(50)14-2)46(58)53-65(59,60)49(11)22-23-49)62-39-25-35(44-52-36(29-64-44)30(3)4)51-42-31(5)38(61-12)21-20-34(39)42/h13-14,20-21,25,29-30,32-33,40,43H,1-2,15-19,22-24,26-28H2,3-12H3,(H,53,58)/t32-,33-,40+,43-,50-/m1/s1. The van der Waals surface area contributed by atoms with Crippen LogP contribution in [0.15, 0.2) is 48.9 Å². The Kier molecular flexibility index (Phi) is 14.5. The van der Waals surface area contributed by atoms with Crippen molar-refractivity contribution in [3.05, 3.63) is 60.1 Å². The van der Waals surface area contributed by atoms with E-state index in [4.69, 9.17) is 24.2 Å². The van der Waals surface area contributed by atoms with E-state index in [9.17, 15) is 18.0 Å². The number of ketones is 1. The van der Waals surface area contributed by atoms with Crippen molar-refractivity contribution in [2.45, 2.75) is 155 Å². The monoisotopic (exact) mass is 932 g/mol. The second-order valence-electron chi connectivity index (χ2n) is 20.5. The topological polar surface area (TPSA) is 171 Å². The molecule has 6 rings (SSSR count). The minimum absolute atomic E-state index is 0.0105. The molecule has 2 amide bonds.